The Labute approximate surface area is 109 Å². The van der Waals surface area contributed by atoms with E-state index in [9.17, 15) is 0 Å². The predicted molar refractivity (Wildman–Crippen MR) is 75.6 cm³/mol. The molecule has 96 valence electrons. The monoisotopic (exact) mass is 252 g/mol. The van der Waals surface area contributed by atoms with Crippen molar-refractivity contribution in [2.75, 3.05) is 26.7 Å². The molecule has 0 amide bonds. The van der Waals surface area contributed by atoms with Crippen LogP contribution in [0.1, 0.15) is 37.1 Å². The highest BCUT2D eigenvalue weighted by Gasteiger charge is 2.16. The van der Waals surface area contributed by atoms with Crippen molar-refractivity contribution in [3.05, 3.63) is 22.4 Å². The first kappa shape index (κ1) is 13.1. The average molecular weight is 252 g/mol. The first-order valence-electron chi connectivity index (χ1n) is 6.71. The van der Waals surface area contributed by atoms with Gasteiger partial charge in [-0.05, 0) is 70.2 Å². The average Bonchev–Trinajstić information content (AvgIpc) is 2.90. The Hall–Kier alpha value is -0.380. The molecule has 0 radical (unpaired) electrons. The van der Waals surface area contributed by atoms with Gasteiger partial charge < -0.3 is 5.32 Å². The molecule has 0 spiro atoms. The van der Waals surface area contributed by atoms with Crippen LogP contribution >= 0.6 is 11.3 Å². The molecule has 1 atom stereocenters. The Morgan fingerprint density at radius 1 is 1.47 bits per heavy atom. The summed E-state index contributed by atoms with van der Waals surface area (Å²) >= 11 is 1.87. The third-order valence-corrected chi connectivity index (χ3v) is 5.01. The van der Waals surface area contributed by atoms with Crippen molar-refractivity contribution in [1.82, 2.24) is 10.2 Å². The van der Waals surface area contributed by atoms with E-state index in [1.807, 2.05) is 11.3 Å². The van der Waals surface area contributed by atoms with Crippen molar-refractivity contribution in [3.63, 3.8) is 0 Å². The van der Waals surface area contributed by atoms with Gasteiger partial charge in [0.2, 0.25) is 0 Å². The molecule has 0 bridgehead atoms. The summed E-state index contributed by atoms with van der Waals surface area (Å²) in [6.07, 6.45) is 4.08. The second-order valence-electron chi connectivity index (χ2n) is 5.15. The summed E-state index contributed by atoms with van der Waals surface area (Å²) < 4.78 is 0. The first-order chi connectivity index (χ1) is 8.27. The number of nitrogens with one attached hydrogen (secondary N) is 1. The maximum atomic E-state index is 3.44. The molecule has 1 aromatic heterocycles. The zero-order valence-corrected chi connectivity index (χ0v) is 11.8. The van der Waals surface area contributed by atoms with Crippen LogP contribution in [-0.4, -0.2) is 31.6 Å². The van der Waals surface area contributed by atoms with E-state index in [0.29, 0.717) is 6.04 Å². The van der Waals surface area contributed by atoms with Crippen LogP contribution < -0.4 is 5.32 Å². The summed E-state index contributed by atoms with van der Waals surface area (Å²) in [4.78, 5) is 3.98. The molecule has 1 saturated heterocycles. The van der Waals surface area contributed by atoms with Gasteiger partial charge in [0.1, 0.15) is 0 Å². The van der Waals surface area contributed by atoms with Crippen LogP contribution in [0.25, 0.3) is 0 Å². The highest BCUT2D eigenvalue weighted by Crippen LogP contribution is 2.24. The number of thiophene rings is 1. The SMILES string of the molecule is CC(c1cccs1)N(C)CCC1CCNCC1. The highest BCUT2D eigenvalue weighted by molar-refractivity contribution is 7.10. The number of rotatable bonds is 5. The molecule has 0 aromatic carbocycles. The lowest BCUT2D eigenvalue weighted by molar-refractivity contribution is 0.228. The molecule has 1 aromatic rings. The molecule has 0 saturated carbocycles. The zero-order valence-electron chi connectivity index (χ0n) is 11.0. The molecule has 2 heterocycles. The van der Waals surface area contributed by atoms with Gasteiger partial charge in [-0.1, -0.05) is 6.07 Å². The third-order valence-electron chi connectivity index (χ3n) is 3.96. The van der Waals surface area contributed by atoms with E-state index in [-0.39, 0.29) is 0 Å². The van der Waals surface area contributed by atoms with Gasteiger partial charge >= 0.3 is 0 Å². The van der Waals surface area contributed by atoms with Crippen LogP contribution in [0.3, 0.4) is 0 Å². The number of hydrogen-bond donors (Lipinski definition) is 1. The molecule has 0 aliphatic carbocycles. The molecule has 2 nitrogen and oxygen atoms in total. The van der Waals surface area contributed by atoms with Gasteiger partial charge in [-0.3, -0.25) is 4.90 Å². The second kappa shape index (κ2) is 6.53. The van der Waals surface area contributed by atoms with Gasteiger partial charge in [0, 0.05) is 10.9 Å². The largest absolute Gasteiger partial charge is 0.317 e. The van der Waals surface area contributed by atoms with Gasteiger partial charge in [-0.2, -0.15) is 0 Å². The normalized spacial score (nSPS) is 19.7. The Morgan fingerprint density at radius 3 is 2.88 bits per heavy atom. The Kier molecular flexibility index (Phi) is 5.01. The minimum Gasteiger partial charge on any atom is -0.317 e. The van der Waals surface area contributed by atoms with E-state index in [2.05, 4.69) is 41.7 Å². The Morgan fingerprint density at radius 2 is 2.24 bits per heavy atom. The van der Waals surface area contributed by atoms with Gasteiger partial charge in [-0.25, -0.2) is 0 Å². The van der Waals surface area contributed by atoms with Crippen LogP contribution in [-0.2, 0) is 0 Å². The summed E-state index contributed by atoms with van der Waals surface area (Å²) in [5.74, 6) is 0.939. The fraction of sp³-hybridized carbons (Fsp3) is 0.714. The molecule has 1 fully saturated rings. The third kappa shape index (κ3) is 3.80. The lowest BCUT2D eigenvalue weighted by Gasteiger charge is -2.28. The summed E-state index contributed by atoms with van der Waals surface area (Å²) in [5, 5.41) is 5.61. The lowest BCUT2D eigenvalue weighted by Crippen LogP contribution is -2.31. The molecular weight excluding hydrogens is 228 g/mol. The van der Waals surface area contributed by atoms with E-state index >= 15 is 0 Å². The van der Waals surface area contributed by atoms with Crippen molar-refractivity contribution in [3.8, 4) is 0 Å². The zero-order chi connectivity index (χ0) is 12.1. The van der Waals surface area contributed by atoms with Crippen LogP contribution in [0.4, 0.5) is 0 Å². The van der Waals surface area contributed by atoms with Crippen molar-refractivity contribution < 1.29 is 0 Å². The van der Waals surface area contributed by atoms with E-state index in [0.717, 1.165) is 5.92 Å². The molecule has 2 rings (SSSR count). The van der Waals surface area contributed by atoms with Gasteiger partial charge in [0.25, 0.3) is 0 Å². The molecule has 3 heteroatoms. The van der Waals surface area contributed by atoms with Gasteiger partial charge in [-0.15, -0.1) is 11.3 Å². The summed E-state index contributed by atoms with van der Waals surface area (Å²) in [6, 6.07) is 4.96. The number of nitrogens with zero attached hydrogens (tertiary/aromatic N) is 1. The van der Waals surface area contributed by atoms with Crippen molar-refractivity contribution in [2.45, 2.75) is 32.2 Å². The molecule has 1 aliphatic heterocycles. The summed E-state index contributed by atoms with van der Waals surface area (Å²) in [6.45, 7) is 5.97. The summed E-state index contributed by atoms with van der Waals surface area (Å²) in [7, 11) is 2.26. The Balaban J connectivity index is 1.74. The maximum Gasteiger partial charge on any atom is 0.0410 e. The topological polar surface area (TPSA) is 15.3 Å². The quantitative estimate of drug-likeness (QED) is 0.866. The fourth-order valence-corrected chi connectivity index (χ4v) is 3.34. The van der Waals surface area contributed by atoms with E-state index in [1.165, 1.54) is 43.8 Å². The van der Waals surface area contributed by atoms with E-state index in [1.54, 1.807) is 0 Å². The summed E-state index contributed by atoms with van der Waals surface area (Å²) in [5.41, 5.74) is 0. The maximum absolute atomic E-state index is 3.44. The number of piperidine rings is 1. The Bertz CT molecular complexity index is 304. The van der Waals surface area contributed by atoms with E-state index < -0.39 is 0 Å². The van der Waals surface area contributed by atoms with Gasteiger partial charge in [0.15, 0.2) is 0 Å². The predicted octanol–water partition coefficient (Wildman–Crippen LogP) is 3.13. The minimum atomic E-state index is 0.566. The van der Waals surface area contributed by atoms with Crippen LogP contribution in [0.15, 0.2) is 17.5 Å². The van der Waals surface area contributed by atoms with E-state index in [4.69, 9.17) is 0 Å². The standard InChI is InChI=1S/C14H24N2S/c1-12(14-4-3-11-17-14)16(2)10-7-13-5-8-15-9-6-13/h3-4,11-13,15H,5-10H2,1-2H3. The lowest BCUT2D eigenvalue weighted by atomic mass is 9.94. The minimum absolute atomic E-state index is 0.566. The van der Waals surface area contributed by atoms with Crippen LogP contribution in [0.5, 0.6) is 0 Å². The van der Waals surface area contributed by atoms with Crippen molar-refractivity contribution in [1.29, 1.82) is 0 Å². The second-order valence-corrected chi connectivity index (χ2v) is 6.13. The fourth-order valence-electron chi connectivity index (χ4n) is 2.50. The molecule has 1 aliphatic rings. The van der Waals surface area contributed by atoms with Crippen LogP contribution in [0, 0.1) is 5.92 Å². The molecule has 1 unspecified atom stereocenters. The van der Waals surface area contributed by atoms with Crippen molar-refractivity contribution >= 4 is 11.3 Å². The smallest absolute Gasteiger partial charge is 0.0410 e. The molecule has 17 heavy (non-hydrogen) atoms. The van der Waals surface area contributed by atoms with Crippen molar-refractivity contribution in [2.24, 2.45) is 5.92 Å². The highest BCUT2D eigenvalue weighted by atomic mass is 32.1. The van der Waals surface area contributed by atoms with Gasteiger partial charge in [0.05, 0.1) is 0 Å². The molecular formula is C14H24N2S. The molecule has 1 N–H and O–H groups in total. The first-order valence-corrected chi connectivity index (χ1v) is 7.59. The number of hydrogen-bond acceptors (Lipinski definition) is 3. The van der Waals surface area contributed by atoms with Crippen LogP contribution in [0.2, 0.25) is 0 Å².